The second-order valence-electron chi connectivity index (χ2n) is 9.11. The molecule has 7 nitrogen and oxygen atoms in total. The second kappa shape index (κ2) is 10.8. The van der Waals surface area contributed by atoms with E-state index in [1.54, 1.807) is 30.9 Å². The molecule has 1 unspecified atom stereocenters. The molecule has 0 bridgehead atoms. The van der Waals surface area contributed by atoms with Crippen molar-refractivity contribution >= 4 is 35.1 Å². The second-order valence-corrected chi connectivity index (χ2v) is 9.99. The summed E-state index contributed by atoms with van der Waals surface area (Å²) in [4.78, 5) is 40.5. The number of benzene rings is 2. The lowest BCUT2D eigenvalue weighted by Gasteiger charge is -2.39. The molecule has 9 heteroatoms. The van der Waals surface area contributed by atoms with E-state index in [-0.39, 0.29) is 17.4 Å². The van der Waals surface area contributed by atoms with E-state index in [9.17, 15) is 14.4 Å². The topological polar surface area (TPSA) is 81.5 Å². The van der Waals surface area contributed by atoms with Crippen molar-refractivity contribution in [2.45, 2.75) is 39.2 Å². The highest BCUT2D eigenvalue weighted by molar-refractivity contribution is 6.31. The summed E-state index contributed by atoms with van der Waals surface area (Å²) in [6.45, 7) is 6.09. The molecule has 0 spiro atoms. The molecule has 0 fully saturated rings. The lowest BCUT2D eigenvalue weighted by atomic mass is 9.83. The van der Waals surface area contributed by atoms with Gasteiger partial charge in [-0.05, 0) is 41.8 Å². The summed E-state index contributed by atoms with van der Waals surface area (Å²) in [5.41, 5.74) is 1.14. The van der Waals surface area contributed by atoms with Gasteiger partial charge in [-0.25, -0.2) is 0 Å². The van der Waals surface area contributed by atoms with Crippen LogP contribution in [-0.2, 0) is 4.79 Å². The standard InChI is InChI=1S/C27H27Cl2N3O4/c1-4-11-31-15-21(23(17-7-5-9-19(28)12-17)18-8-6-10-20(29)13-18)32-24(26(31)34)25(22(33)14-30-32)36-27(35)16(2)3/h5-10,12-14,16,21,23H,4,11,15H2,1-3H3. The third-order valence-electron chi connectivity index (χ3n) is 6.15. The van der Waals surface area contributed by atoms with Crippen molar-refractivity contribution < 1.29 is 14.3 Å². The number of fused-ring (bicyclic) bond motifs is 1. The largest absolute Gasteiger partial charge is 0.420 e. The summed E-state index contributed by atoms with van der Waals surface area (Å²) >= 11 is 12.7. The van der Waals surface area contributed by atoms with E-state index in [1.165, 1.54) is 4.68 Å². The summed E-state index contributed by atoms with van der Waals surface area (Å²) in [6, 6.07) is 14.5. The molecule has 188 valence electrons. The Bertz CT molecular complexity index is 1310. The minimum Gasteiger partial charge on any atom is -0.420 e. The number of hydrogen-bond donors (Lipinski definition) is 0. The van der Waals surface area contributed by atoms with Crippen LogP contribution < -0.4 is 10.2 Å². The van der Waals surface area contributed by atoms with Gasteiger partial charge in [0.1, 0.15) is 0 Å². The molecule has 2 aromatic carbocycles. The fourth-order valence-corrected chi connectivity index (χ4v) is 4.89. The van der Waals surface area contributed by atoms with Gasteiger partial charge >= 0.3 is 5.97 Å². The van der Waals surface area contributed by atoms with Crippen molar-refractivity contribution in [1.29, 1.82) is 0 Å². The van der Waals surface area contributed by atoms with E-state index in [4.69, 9.17) is 27.9 Å². The van der Waals surface area contributed by atoms with Gasteiger partial charge in [0.15, 0.2) is 5.69 Å². The molecular formula is C27H27Cl2N3O4. The molecule has 3 aromatic rings. The van der Waals surface area contributed by atoms with Crippen LogP contribution in [-0.4, -0.2) is 39.6 Å². The molecule has 2 heterocycles. The zero-order valence-corrected chi connectivity index (χ0v) is 21.8. The number of amides is 1. The first-order chi connectivity index (χ1) is 17.2. The number of rotatable bonds is 7. The van der Waals surface area contributed by atoms with E-state index < -0.39 is 29.3 Å². The quantitative estimate of drug-likeness (QED) is 0.386. The maximum atomic E-state index is 13.6. The summed E-state index contributed by atoms with van der Waals surface area (Å²) in [7, 11) is 0. The van der Waals surface area contributed by atoms with Crippen molar-refractivity contribution in [3.8, 4) is 5.75 Å². The Morgan fingerprint density at radius 3 is 2.22 bits per heavy atom. The van der Waals surface area contributed by atoms with Gasteiger partial charge < -0.3 is 9.64 Å². The van der Waals surface area contributed by atoms with Crippen LogP contribution in [0.2, 0.25) is 10.0 Å². The minimum absolute atomic E-state index is 0.0322. The third kappa shape index (κ3) is 5.18. The highest BCUT2D eigenvalue weighted by Crippen LogP contribution is 2.40. The molecule has 1 atom stereocenters. The van der Waals surface area contributed by atoms with Gasteiger partial charge in [-0.15, -0.1) is 0 Å². The average Bonchev–Trinajstić information content (AvgIpc) is 2.83. The maximum absolute atomic E-state index is 13.6. The van der Waals surface area contributed by atoms with Crippen LogP contribution in [0.15, 0.2) is 59.5 Å². The minimum atomic E-state index is -0.622. The number of ether oxygens (including phenoxy) is 1. The maximum Gasteiger partial charge on any atom is 0.313 e. The Morgan fingerprint density at radius 1 is 1.08 bits per heavy atom. The van der Waals surface area contributed by atoms with Gasteiger partial charge in [0.05, 0.1) is 18.2 Å². The van der Waals surface area contributed by atoms with Crippen molar-refractivity contribution in [2.75, 3.05) is 13.1 Å². The fraction of sp³-hybridized carbons (Fsp3) is 0.333. The highest BCUT2D eigenvalue weighted by atomic mass is 35.5. The van der Waals surface area contributed by atoms with Crippen molar-refractivity contribution in [2.24, 2.45) is 5.92 Å². The number of aromatic nitrogens is 2. The molecule has 0 N–H and O–H groups in total. The van der Waals surface area contributed by atoms with Crippen LogP contribution in [0.4, 0.5) is 0 Å². The van der Waals surface area contributed by atoms with Crippen molar-refractivity contribution in [3.05, 3.63) is 91.8 Å². The Hall–Kier alpha value is -3.16. The average molecular weight is 528 g/mol. The first-order valence-corrected chi connectivity index (χ1v) is 12.6. The molecule has 4 rings (SSSR count). The van der Waals surface area contributed by atoms with E-state index in [0.29, 0.717) is 29.6 Å². The summed E-state index contributed by atoms with van der Waals surface area (Å²) in [5.74, 6) is -2.10. The molecule has 1 aliphatic heterocycles. The summed E-state index contributed by atoms with van der Waals surface area (Å²) in [6.07, 6.45) is 1.80. The fourth-order valence-electron chi connectivity index (χ4n) is 4.50. The highest BCUT2D eigenvalue weighted by Gasteiger charge is 2.40. The first-order valence-electron chi connectivity index (χ1n) is 11.8. The first kappa shape index (κ1) is 25.9. The van der Waals surface area contributed by atoms with Crippen LogP contribution in [0.5, 0.6) is 5.75 Å². The molecule has 1 aliphatic rings. The van der Waals surface area contributed by atoms with Crippen LogP contribution in [0.1, 0.15) is 60.8 Å². The molecule has 0 radical (unpaired) electrons. The van der Waals surface area contributed by atoms with Gasteiger partial charge in [-0.3, -0.25) is 19.1 Å². The van der Waals surface area contributed by atoms with E-state index in [0.717, 1.165) is 17.3 Å². The predicted octanol–water partition coefficient (Wildman–Crippen LogP) is 5.35. The molecule has 1 amide bonds. The monoisotopic (exact) mass is 527 g/mol. The SMILES string of the molecule is CCCN1CC(C(c2cccc(Cl)c2)c2cccc(Cl)c2)n2ncc(=O)c(OC(=O)C(C)C)c2C1=O. The molecule has 0 aliphatic carbocycles. The van der Waals surface area contributed by atoms with Gasteiger partial charge in [0.2, 0.25) is 11.2 Å². The number of halogens is 2. The lowest BCUT2D eigenvalue weighted by Crippen LogP contribution is -2.47. The van der Waals surface area contributed by atoms with E-state index in [2.05, 4.69) is 5.10 Å². The molecule has 0 saturated heterocycles. The van der Waals surface area contributed by atoms with Crippen LogP contribution in [0.25, 0.3) is 0 Å². The van der Waals surface area contributed by atoms with E-state index in [1.807, 2.05) is 43.3 Å². The normalized spacial score (nSPS) is 15.4. The van der Waals surface area contributed by atoms with Crippen LogP contribution in [0, 0.1) is 5.92 Å². The summed E-state index contributed by atoms with van der Waals surface area (Å²) in [5, 5.41) is 5.51. The molecule has 0 saturated carbocycles. The number of carbonyl (C=O) groups excluding carboxylic acids is 2. The smallest absolute Gasteiger partial charge is 0.313 e. The molecular weight excluding hydrogens is 501 g/mol. The Kier molecular flexibility index (Phi) is 7.81. The Morgan fingerprint density at radius 2 is 1.69 bits per heavy atom. The third-order valence-corrected chi connectivity index (χ3v) is 6.62. The zero-order chi connectivity index (χ0) is 26.0. The van der Waals surface area contributed by atoms with Gasteiger partial charge in [0, 0.05) is 29.1 Å². The lowest BCUT2D eigenvalue weighted by molar-refractivity contribution is -0.137. The number of carbonyl (C=O) groups is 2. The van der Waals surface area contributed by atoms with E-state index >= 15 is 0 Å². The van der Waals surface area contributed by atoms with Crippen molar-refractivity contribution in [1.82, 2.24) is 14.7 Å². The van der Waals surface area contributed by atoms with Gasteiger partial charge in [-0.2, -0.15) is 5.10 Å². The number of nitrogens with zero attached hydrogens (tertiary/aromatic N) is 3. The molecule has 1 aromatic heterocycles. The summed E-state index contributed by atoms with van der Waals surface area (Å²) < 4.78 is 7.00. The zero-order valence-electron chi connectivity index (χ0n) is 20.3. The predicted molar refractivity (Wildman–Crippen MR) is 139 cm³/mol. The van der Waals surface area contributed by atoms with Gasteiger partial charge in [-0.1, -0.05) is 68.2 Å². The Balaban J connectivity index is 1.96. The van der Waals surface area contributed by atoms with Gasteiger partial charge in [0.25, 0.3) is 5.91 Å². The molecule has 36 heavy (non-hydrogen) atoms. The van der Waals surface area contributed by atoms with Crippen LogP contribution >= 0.6 is 23.2 Å². The number of hydrogen-bond acceptors (Lipinski definition) is 5. The van der Waals surface area contributed by atoms with Crippen LogP contribution in [0.3, 0.4) is 0 Å². The number of esters is 1. The Labute approximate surface area is 219 Å². The van der Waals surface area contributed by atoms with Crippen molar-refractivity contribution in [3.63, 3.8) is 0 Å².